The molecule has 2 unspecified atom stereocenters. The van der Waals surface area contributed by atoms with E-state index in [-0.39, 0.29) is 11.5 Å². The van der Waals surface area contributed by atoms with Crippen LogP contribution in [0.25, 0.3) is 10.8 Å². The molecule has 0 fully saturated rings. The van der Waals surface area contributed by atoms with E-state index in [1.54, 1.807) is 0 Å². The Morgan fingerprint density at radius 3 is 2.32 bits per heavy atom. The molecule has 0 radical (unpaired) electrons. The normalized spacial score (nSPS) is 14.6. The molecule has 2 aromatic rings. The first-order valence-electron chi connectivity index (χ1n) is 9.40. The maximum atomic E-state index is 11.2. The Kier molecular flexibility index (Phi) is 6.97. The molecule has 0 amide bonds. The SMILES string of the molecule is C[SiH](C)OC(C=O)CCCC(c1ccc2ccccc2c1)C(C)(C)C. The van der Waals surface area contributed by atoms with Gasteiger partial charge in [-0.1, -0.05) is 63.2 Å². The first-order valence-corrected chi connectivity index (χ1v) is 12.2. The van der Waals surface area contributed by atoms with Crippen LogP contribution in [0, 0.1) is 5.41 Å². The van der Waals surface area contributed by atoms with E-state index in [9.17, 15) is 4.79 Å². The zero-order valence-electron chi connectivity index (χ0n) is 16.3. The van der Waals surface area contributed by atoms with Gasteiger partial charge in [-0.2, -0.15) is 0 Å². The number of hydrogen-bond acceptors (Lipinski definition) is 2. The lowest BCUT2D eigenvalue weighted by Crippen LogP contribution is -2.23. The zero-order chi connectivity index (χ0) is 18.4. The molecule has 136 valence electrons. The van der Waals surface area contributed by atoms with Crippen LogP contribution in [0.3, 0.4) is 0 Å². The fourth-order valence-corrected chi connectivity index (χ4v) is 4.46. The molecule has 2 nitrogen and oxygen atoms in total. The molecule has 0 aromatic heterocycles. The predicted molar refractivity (Wildman–Crippen MR) is 110 cm³/mol. The van der Waals surface area contributed by atoms with E-state index in [1.165, 1.54) is 16.3 Å². The smallest absolute Gasteiger partial charge is 0.171 e. The van der Waals surface area contributed by atoms with Gasteiger partial charge >= 0.3 is 0 Å². The standard InChI is InChI=1S/C22H32O2Si/c1-22(2,3)21(12-8-11-20(16-23)24-25(4)5)19-14-13-17-9-6-7-10-18(17)15-19/h6-7,9-10,13-16,20-21,25H,8,11-12H2,1-5H3. The Balaban J connectivity index is 2.11. The number of carbonyl (C=O) groups is 1. The number of benzene rings is 2. The van der Waals surface area contributed by atoms with E-state index in [2.05, 4.69) is 76.3 Å². The molecule has 0 aliphatic rings. The van der Waals surface area contributed by atoms with Gasteiger partial charge in [-0.25, -0.2) is 0 Å². The van der Waals surface area contributed by atoms with Crippen LogP contribution in [-0.4, -0.2) is 21.4 Å². The summed E-state index contributed by atoms with van der Waals surface area (Å²) in [5.74, 6) is 0.473. The van der Waals surface area contributed by atoms with Crippen molar-refractivity contribution in [3.63, 3.8) is 0 Å². The summed E-state index contributed by atoms with van der Waals surface area (Å²) in [6.45, 7) is 11.2. The average Bonchev–Trinajstić information content (AvgIpc) is 2.55. The van der Waals surface area contributed by atoms with Crippen LogP contribution in [0.5, 0.6) is 0 Å². The van der Waals surface area contributed by atoms with Gasteiger partial charge in [-0.3, -0.25) is 0 Å². The highest BCUT2D eigenvalue weighted by atomic mass is 28.3. The quantitative estimate of drug-likeness (QED) is 0.447. The fourth-order valence-electron chi connectivity index (χ4n) is 3.57. The molecular weight excluding hydrogens is 324 g/mol. The van der Waals surface area contributed by atoms with E-state index >= 15 is 0 Å². The van der Waals surface area contributed by atoms with Crippen molar-refractivity contribution in [1.82, 2.24) is 0 Å². The first kappa shape index (κ1) is 19.9. The van der Waals surface area contributed by atoms with Crippen molar-refractivity contribution in [3.8, 4) is 0 Å². The number of aldehydes is 1. The van der Waals surface area contributed by atoms with Crippen LogP contribution in [0.2, 0.25) is 13.1 Å². The minimum atomic E-state index is -1.17. The van der Waals surface area contributed by atoms with Crippen LogP contribution in [-0.2, 0) is 9.22 Å². The summed E-state index contributed by atoms with van der Waals surface area (Å²) in [5.41, 5.74) is 1.58. The van der Waals surface area contributed by atoms with Gasteiger partial charge in [0.25, 0.3) is 0 Å². The Morgan fingerprint density at radius 1 is 1.04 bits per heavy atom. The highest BCUT2D eigenvalue weighted by Gasteiger charge is 2.26. The van der Waals surface area contributed by atoms with Crippen LogP contribution in [0.15, 0.2) is 42.5 Å². The van der Waals surface area contributed by atoms with Crippen molar-refractivity contribution in [2.24, 2.45) is 5.41 Å². The summed E-state index contributed by atoms with van der Waals surface area (Å²) >= 11 is 0. The van der Waals surface area contributed by atoms with Gasteiger partial charge in [0, 0.05) is 0 Å². The second kappa shape index (κ2) is 8.77. The Bertz CT molecular complexity index is 688. The lowest BCUT2D eigenvalue weighted by molar-refractivity contribution is -0.114. The van der Waals surface area contributed by atoms with Gasteiger partial charge in [0.1, 0.15) is 12.4 Å². The Morgan fingerprint density at radius 2 is 1.72 bits per heavy atom. The summed E-state index contributed by atoms with van der Waals surface area (Å²) < 4.78 is 5.80. The molecule has 0 aliphatic carbocycles. The third kappa shape index (κ3) is 5.79. The number of fused-ring (bicyclic) bond motifs is 1. The summed E-state index contributed by atoms with van der Waals surface area (Å²) in [4.78, 5) is 11.2. The second-order valence-corrected chi connectivity index (χ2v) is 10.7. The molecule has 0 spiro atoms. The maximum Gasteiger partial charge on any atom is 0.171 e. The van der Waals surface area contributed by atoms with Crippen LogP contribution in [0.1, 0.15) is 51.5 Å². The van der Waals surface area contributed by atoms with Gasteiger partial charge in [-0.05, 0) is 60.0 Å². The molecule has 0 N–H and O–H groups in total. The largest absolute Gasteiger partial charge is 0.411 e. The van der Waals surface area contributed by atoms with Crippen LogP contribution in [0.4, 0.5) is 0 Å². The van der Waals surface area contributed by atoms with Crippen molar-refractivity contribution in [3.05, 3.63) is 48.0 Å². The van der Waals surface area contributed by atoms with Gasteiger partial charge < -0.3 is 9.22 Å². The van der Waals surface area contributed by atoms with Gasteiger partial charge in [-0.15, -0.1) is 0 Å². The van der Waals surface area contributed by atoms with E-state index in [4.69, 9.17) is 4.43 Å². The number of rotatable bonds is 8. The Labute approximate surface area is 154 Å². The number of carbonyl (C=O) groups excluding carboxylic acids is 1. The third-order valence-corrected chi connectivity index (χ3v) is 5.70. The first-order chi connectivity index (χ1) is 11.8. The molecule has 0 aliphatic heterocycles. The predicted octanol–water partition coefficient (Wildman–Crippen LogP) is 5.71. The average molecular weight is 357 g/mol. The molecule has 0 saturated carbocycles. The van der Waals surface area contributed by atoms with Crippen molar-refractivity contribution in [1.29, 1.82) is 0 Å². The molecule has 0 bridgehead atoms. The monoisotopic (exact) mass is 356 g/mol. The van der Waals surface area contributed by atoms with Gasteiger partial charge in [0.2, 0.25) is 0 Å². The summed E-state index contributed by atoms with van der Waals surface area (Å²) in [5, 5.41) is 2.59. The minimum Gasteiger partial charge on any atom is -0.411 e. The lowest BCUT2D eigenvalue weighted by Gasteiger charge is -2.32. The van der Waals surface area contributed by atoms with Crippen LogP contribution >= 0.6 is 0 Å². The van der Waals surface area contributed by atoms with Crippen molar-refractivity contribution in [2.75, 3.05) is 0 Å². The Hall–Kier alpha value is -1.45. The molecule has 2 aromatic carbocycles. The summed E-state index contributed by atoms with van der Waals surface area (Å²) in [6.07, 6.45) is 3.68. The third-order valence-electron chi connectivity index (χ3n) is 4.80. The summed E-state index contributed by atoms with van der Waals surface area (Å²) in [6, 6.07) is 15.4. The highest BCUT2D eigenvalue weighted by Crippen LogP contribution is 2.40. The van der Waals surface area contributed by atoms with E-state index < -0.39 is 9.04 Å². The zero-order valence-corrected chi connectivity index (χ0v) is 17.4. The molecule has 3 heteroatoms. The minimum absolute atomic E-state index is 0.187. The lowest BCUT2D eigenvalue weighted by atomic mass is 9.73. The van der Waals surface area contributed by atoms with Gasteiger partial charge in [0.15, 0.2) is 9.04 Å². The van der Waals surface area contributed by atoms with Crippen molar-refractivity contribution < 1.29 is 9.22 Å². The second-order valence-electron chi connectivity index (χ2n) is 8.32. The van der Waals surface area contributed by atoms with Crippen LogP contribution < -0.4 is 0 Å². The van der Waals surface area contributed by atoms with E-state index in [0.29, 0.717) is 5.92 Å². The molecule has 0 saturated heterocycles. The van der Waals surface area contributed by atoms with E-state index in [0.717, 1.165) is 25.5 Å². The highest BCUT2D eigenvalue weighted by molar-refractivity contribution is 6.48. The topological polar surface area (TPSA) is 26.3 Å². The maximum absolute atomic E-state index is 11.2. The van der Waals surface area contributed by atoms with Crippen molar-refractivity contribution in [2.45, 2.75) is 65.1 Å². The number of hydrogen-bond donors (Lipinski definition) is 0. The molecule has 2 rings (SSSR count). The molecule has 25 heavy (non-hydrogen) atoms. The summed E-state index contributed by atoms with van der Waals surface area (Å²) in [7, 11) is -1.17. The van der Waals surface area contributed by atoms with Crippen molar-refractivity contribution >= 4 is 26.1 Å². The molecule has 0 heterocycles. The van der Waals surface area contributed by atoms with Gasteiger partial charge in [0.05, 0.1) is 0 Å². The molecular formula is C22H32O2Si. The molecule has 2 atom stereocenters. The fraction of sp³-hybridized carbons (Fsp3) is 0.500. The van der Waals surface area contributed by atoms with E-state index in [1.807, 2.05) is 0 Å².